The molecule has 1 amide bonds. The normalized spacial score (nSPS) is 9.76. The van der Waals surface area contributed by atoms with Gasteiger partial charge in [-0.15, -0.1) is 0 Å². The van der Waals surface area contributed by atoms with Crippen LogP contribution < -0.4 is 41.7 Å². The smallest absolute Gasteiger partial charge is 0.255 e. The number of hydrogen-bond acceptors (Lipinski definition) is 5. The number of methoxy groups -OCH3 is 3. The Bertz CT molecular complexity index is 924. The average Bonchev–Trinajstić information content (AvgIpc) is 2.74. The lowest BCUT2D eigenvalue weighted by molar-refractivity contribution is -0.378. The molecule has 29 heavy (non-hydrogen) atoms. The van der Waals surface area contributed by atoms with Crippen molar-refractivity contribution < 1.29 is 41.1 Å². The van der Waals surface area contributed by atoms with Gasteiger partial charge in [-0.25, -0.2) is 4.98 Å². The van der Waals surface area contributed by atoms with Crippen molar-refractivity contribution in [3.63, 3.8) is 0 Å². The molecule has 0 aliphatic heterocycles. The third-order valence-corrected chi connectivity index (χ3v) is 3.95. The van der Waals surface area contributed by atoms with Crippen LogP contribution in [-0.2, 0) is 0 Å². The molecular formula is C21H21ClN2O5. The van der Waals surface area contributed by atoms with Crippen molar-refractivity contribution in [3.05, 3.63) is 66.5 Å². The summed E-state index contributed by atoms with van der Waals surface area (Å²) in [5, 5.41) is 2.84. The van der Waals surface area contributed by atoms with Gasteiger partial charge in [-0.3, -0.25) is 4.79 Å². The lowest BCUT2D eigenvalue weighted by Gasteiger charge is -2.14. The van der Waals surface area contributed by atoms with E-state index >= 15 is 0 Å². The van der Waals surface area contributed by atoms with Crippen LogP contribution in [0.5, 0.6) is 28.7 Å². The summed E-state index contributed by atoms with van der Waals surface area (Å²) in [5.41, 5.74) is 1.01. The molecule has 0 saturated heterocycles. The van der Waals surface area contributed by atoms with Crippen molar-refractivity contribution >= 4 is 11.6 Å². The maximum absolute atomic E-state index is 12.6. The number of aromatic amines is 1. The van der Waals surface area contributed by atoms with Gasteiger partial charge in [0.05, 0.1) is 21.3 Å². The zero-order chi connectivity index (χ0) is 19.9. The van der Waals surface area contributed by atoms with Crippen LogP contribution in [0.4, 0.5) is 5.69 Å². The number of rotatable bonds is 7. The number of benzene rings is 2. The SMILES string of the molecule is COc1cc(C(=O)Nc2ccc(Oc3ccc[nH+]c3)cc2)cc(OC)c1OC.[Cl-]. The highest BCUT2D eigenvalue weighted by molar-refractivity contribution is 6.05. The number of carbonyl (C=O) groups excluding carboxylic acids is 1. The van der Waals surface area contributed by atoms with Crippen LogP contribution in [0.15, 0.2) is 60.9 Å². The molecule has 3 rings (SSSR count). The van der Waals surface area contributed by atoms with E-state index in [0.29, 0.717) is 40.0 Å². The van der Waals surface area contributed by atoms with Crippen molar-refractivity contribution in [3.8, 4) is 28.7 Å². The summed E-state index contributed by atoms with van der Waals surface area (Å²) in [6.45, 7) is 0. The van der Waals surface area contributed by atoms with Gasteiger partial charge in [0, 0.05) is 17.3 Å². The van der Waals surface area contributed by atoms with Crippen molar-refractivity contribution in [1.29, 1.82) is 0 Å². The minimum atomic E-state index is -0.300. The fraction of sp³-hybridized carbons (Fsp3) is 0.143. The van der Waals surface area contributed by atoms with Crippen molar-refractivity contribution in [2.75, 3.05) is 26.6 Å². The number of hydrogen-bond donors (Lipinski definition) is 1. The first-order valence-corrected chi connectivity index (χ1v) is 8.50. The predicted octanol–water partition coefficient (Wildman–Crippen LogP) is 0.575. The largest absolute Gasteiger partial charge is 1.00 e. The molecule has 7 nitrogen and oxygen atoms in total. The van der Waals surface area contributed by atoms with E-state index in [1.165, 1.54) is 21.3 Å². The maximum Gasteiger partial charge on any atom is 0.255 e. The van der Waals surface area contributed by atoms with E-state index < -0.39 is 0 Å². The molecule has 0 radical (unpaired) electrons. The molecule has 0 spiro atoms. The Morgan fingerprint density at radius 1 is 0.897 bits per heavy atom. The summed E-state index contributed by atoms with van der Waals surface area (Å²) in [5.74, 6) is 2.31. The highest BCUT2D eigenvalue weighted by Gasteiger charge is 2.17. The average molecular weight is 417 g/mol. The number of halogens is 1. The summed E-state index contributed by atoms with van der Waals surface area (Å²) in [4.78, 5) is 15.6. The van der Waals surface area contributed by atoms with Crippen LogP contribution in [0.1, 0.15) is 10.4 Å². The number of amides is 1. The molecule has 0 aliphatic rings. The number of H-pyrrole nitrogens is 1. The molecule has 0 bridgehead atoms. The number of aromatic nitrogens is 1. The lowest BCUT2D eigenvalue weighted by atomic mass is 10.1. The van der Waals surface area contributed by atoms with E-state index in [1.54, 1.807) is 48.8 Å². The number of ether oxygens (including phenoxy) is 4. The van der Waals surface area contributed by atoms with Gasteiger partial charge >= 0.3 is 0 Å². The Morgan fingerprint density at radius 3 is 2.07 bits per heavy atom. The first kappa shape index (κ1) is 21.8. The van der Waals surface area contributed by atoms with Gasteiger partial charge < -0.3 is 36.7 Å². The van der Waals surface area contributed by atoms with Crippen LogP contribution in [0.3, 0.4) is 0 Å². The molecule has 1 heterocycles. The molecular weight excluding hydrogens is 396 g/mol. The van der Waals surface area contributed by atoms with Gasteiger partial charge in [0.25, 0.3) is 5.91 Å². The van der Waals surface area contributed by atoms with E-state index in [2.05, 4.69) is 10.3 Å². The summed E-state index contributed by atoms with van der Waals surface area (Å²) >= 11 is 0. The number of pyridine rings is 1. The van der Waals surface area contributed by atoms with E-state index in [0.717, 1.165) is 0 Å². The van der Waals surface area contributed by atoms with Gasteiger partial charge in [-0.05, 0) is 42.5 Å². The summed E-state index contributed by atoms with van der Waals surface area (Å²) in [7, 11) is 4.52. The third kappa shape index (κ3) is 5.30. The van der Waals surface area contributed by atoms with Gasteiger partial charge in [0.2, 0.25) is 11.9 Å². The van der Waals surface area contributed by atoms with Gasteiger partial charge in [-0.2, -0.15) is 0 Å². The summed E-state index contributed by atoms with van der Waals surface area (Å²) in [6.07, 6.45) is 3.55. The Hall–Kier alpha value is -3.45. The fourth-order valence-electron chi connectivity index (χ4n) is 2.60. The van der Waals surface area contributed by atoms with E-state index in [4.69, 9.17) is 18.9 Å². The quantitative estimate of drug-likeness (QED) is 0.609. The second-order valence-corrected chi connectivity index (χ2v) is 5.73. The molecule has 8 heteroatoms. The Morgan fingerprint density at radius 2 is 1.55 bits per heavy atom. The highest BCUT2D eigenvalue weighted by Crippen LogP contribution is 2.38. The number of nitrogens with one attached hydrogen (secondary N) is 2. The molecule has 0 fully saturated rings. The van der Waals surface area contributed by atoms with Crippen molar-refractivity contribution in [1.82, 2.24) is 0 Å². The number of anilines is 1. The molecule has 2 aromatic carbocycles. The molecule has 2 N–H and O–H groups in total. The zero-order valence-electron chi connectivity index (χ0n) is 16.2. The van der Waals surface area contributed by atoms with Crippen molar-refractivity contribution in [2.24, 2.45) is 0 Å². The van der Waals surface area contributed by atoms with Crippen LogP contribution in [0.2, 0.25) is 0 Å². The molecule has 0 saturated carbocycles. The summed E-state index contributed by atoms with van der Waals surface area (Å²) in [6, 6.07) is 14.0. The molecule has 1 aromatic heterocycles. The standard InChI is InChI=1S/C21H20N2O5.ClH/c1-25-18-11-14(12-19(26-2)20(18)27-3)21(24)23-15-6-8-16(9-7-15)28-17-5-4-10-22-13-17;/h4-13H,1-3H3,(H,23,24);1H. The van der Waals surface area contributed by atoms with E-state index in [1.807, 2.05) is 12.1 Å². The van der Waals surface area contributed by atoms with E-state index in [-0.39, 0.29) is 18.3 Å². The van der Waals surface area contributed by atoms with E-state index in [9.17, 15) is 4.79 Å². The highest BCUT2D eigenvalue weighted by atomic mass is 35.5. The molecule has 0 atom stereocenters. The van der Waals surface area contributed by atoms with Gasteiger partial charge in [0.1, 0.15) is 5.75 Å². The second kappa shape index (κ2) is 10.2. The Labute approximate surface area is 175 Å². The first-order valence-electron chi connectivity index (χ1n) is 8.50. The lowest BCUT2D eigenvalue weighted by Crippen LogP contribution is -3.00. The molecule has 3 aromatic rings. The minimum Gasteiger partial charge on any atom is -1.00 e. The Balaban J connectivity index is 0.00000300. The number of carbonyl (C=O) groups is 1. The molecule has 0 unspecified atom stereocenters. The second-order valence-electron chi connectivity index (χ2n) is 5.73. The monoisotopic (exact) mass is 416 g/mol. The third-order valence-electron chi connectivity index (χ3n) is 3.95. The van der Waals surface area contributed by atoms with Crippen molar-refractivity contribution in [2.45, 2.75) is 0 Å². The van der Waals surface area contributed by atoms with Gasteiger partial charge in [-0.1, -0.05) is 0 Å². The molecule has 152 valence electrons. The van der Waals surface area contributed by atoms with Crippen LogP contribution >= 0.6 is 0 Å². The zero-order valence-corrected chi connectivity index (χ0v) is 16.9. The minimum absolute atomic E-state index is 0. The van der Waals surface area contributed by atoms with Crippen LogP contribution in [0, 0.1) is 0 Å². The summed E-state index contributed by atoms with van der Waals surface area (Å²) < 4.78 is 21.6. The maximum atomic E-state index is 12.6. The molecule has 0 aliphatic carbocycles. The Kier molecular flexibility index (Phi) is 7.68. The van der Waals surface area contributed by atoms with Gasteiger partial charge in [0.15, 0.2) is 23.4 Å². The van der Waals surface area contributed by atoms with Crippen LogP contribution in [0.25, 0.3) is 0 Å². The topological polar surface area (TPSA) is 80.2 Å². The first-order chi connectivity index (χ1) is 13.6. The predicted molar refractivity (Wildman–Crippen MR) is 104 cm³/mol. The fourth-order valence-corrected chi connectivity index (χ4v) is 2.60. The van der Waals surface area contributed by atoms with Crippen LogP contribution in [-0.4, -0.2) is 27.2 Å².